The Kier molecular flexibility index (Phi) is 4.78. The molecule has 2 rings (SSSR count). The first-order valence-corrected chi connectivity index (χ1v) is 6.74. The second-order valence-electron chi connectivity index (χ2n) is 4.96. The van der Waals surface area contributed by atoms with E-state index in [9.17, 15) is 9.59 Å². The van der Waals surface area contributed by atoms with Gasteiger partial charge in [-0.15, -0.1) is 0 Å². The van der Waals surface area contributed by atoms with E-state index in [4.69, 9.17) is 9.84 Å². The summed E-state index contributed by atoms with van der Waals surface area (Å²) in [5.41, 5.74) is 2.24. The van der Waals surface area contributed by atoms with E-state index in [1.807, 2.05) is 24.3 Å². The molecule has 0 fully saturated rings. The van der Waals surface area contributed by atoms with Crippen molar-refractivity contribution in [3.05, 3.63) is 54.1 Å². The van der Waals surface area contributed by atoms with Crippen LogP contribution in [0.3, 0.4) is 0 Å². The average Bonchev–Trinajstić information content (AvgIpc) is 2.52. The van der Waals surface area contributed by atoms with E-state index in [0.29, 0.717) is 11.3 Å². The summed E-state index contributed by atoms with van der Waals surface area (Å²) < 4.78 is 5.29. The molecular formula is C17H17NO4. The Morgan fingerprint density at radius 1 is 1.05 bits per heavy atom. The summed E-state index contributed by atoms with van der Waals surface area (Å²) in [6.07, 6.45) is 0. The van der Waals surface area contributed by atoms with Gasteiger partial charge in [0.1, 0.15) is 5.75 Å². The fraction of sp³-hybridized carbons (Fsp3) is 0.176. The molecule has 0 heterocycles. The standard InChI is InChI=1S/C17H17NO4/c1-18(2)17(21)13-9-7-12(8-10-13)14-5-3-4-6-15(14)22-11-16(19)20/h3-10H,11H2,1-2H3,(H,19,20). The number of rotatable bonds is 5. The quantitative estimate of drug-likeness (QED) is 0.921. The van der Waals surface area contributed by atoms with Crippen LogP contribution in [0.5, 0.6) is 5.75 Å². The van der Waals surface area contributed by atoms with Crippen molar-refractivity contribution < 1.29 is 19.4 Å². The predicted octanol–water partition coefficient (Wildman–Crippen LogP) is 2.52. The molecule has 0 aliphatic rings. The normalized spacial score (nSPS) is 10.1. The zero-order chi connectivity index (χ0) is 16.1. The van der Waals surface area contributed by atoms with Crippen molar-refractivity contribution in [1.82, 2.24) is 4.90 Å². The van der Waals surface area contributed by atoms with E-state index in [0.717, 1.165) is 11.1 Å². The number of hydrogen-bond acceptors (Lipinski definition) is 3. The number of carbonyl (C=O) groups excluding carboxylic acids is 1. The lowest BCUT2D eigenvalue weighted by molar-refractivity contribution is -0.139. The average molecular weight is 299 g/mol. The van der Waals surface area contributed by atoms with Gasteiger partial charge in [0.15, 0.2) is 6.61 Å². The van der Waals surface area contributed by atoms with Gasteiger partial charge in [-0.1, -0.05) is 30.3 Å². The van der Waals surface area contributed by atoms with Crippen LogP contribution in [0.15, 0.2) is 48.5 Å². The Hall–Kier alpha value is -2.82. The molecule has 0 radical (unpaired) electrons. The van der Waals surface area contributed by atoms with E-state index >= 15 is 0 Å². The summed E-state index contributed by atoms with van der Waals surface area (Å²) >= 11 is 0. The molecule has 2 aromatic carbocycles. The minimum Gasteiger partial charge on any atom is -0.481 e. The molecule has 1 amide bonds. The molecule has 114 valence electrons. The Bertz CT molecular complexity index is 677. The Labute approximate surface area is 128 Å². The van der Waals surface area contributed by atoms with Gasteiger partial charge in [0.25, 0.3) is 5.91 Å². The maximum atomic E-state index is 11.9. The molecule has 1 N–H and O–H groups in total. The van der Waals surface area contributed by atoms with Crippen LogP contribution >= 0.6 is 0 Å². The van der Waals surface area contributed by atoms with Gasteiger partial charge < -0.3 is 14.7 Å². The minimum absolute atomic E-state index is 0.0676. The number of amides is 1. The fourth-order valence-electron chi connectivity index (χ4n) is 2.02. The number of para-hydroxylation sites is 1. The molecule has 0 atom stereocenters. The summed E-state index contributed by atoms with van der Waals surface area (Å²) in [5, 5.41) is 8.72. The summed E-state index contributed by atoms with van der Waals surface area (Å²) in [6, 6.07) is 14.3. The minimum atomic E-state index is -1.03. The number of nitrogens with zero attached hydrogens (tertiary/aromatic N) is 1. The third-order valence-electron chi connectivity index (χ3n) is 3.09. The molecule has 0 aromatic heterocycles. The maximum Gasteiger partial charge on any atom is 0.341 e. The van der Waals surface area contributed by atoms with E-state index in [-0.39, 0.29) is 5.91 Å². The van der Waals surface area contributed by atoms with Gasteiger partial charge in [0.05, 0.1) is 0 Å². The van der Waals surface area contributed by atoms with Gasteiger partial charge in [-0.2, -0.15) is 0 Å². The first kappa shape index (κ1) is 15.6. The van der Waals surface area contributed by atoms with Crippen molar-refractivity contribution in [2.24, 2.45) is 0 Å². The maximum absolute atomic E-state index is 11.9. The number of carbonyl (C=O) groups is 2. The second kappa shape index (κ2) is 6.76. The lowest BCUT2D eigenvalue weighted by Gasteiger charge is -2.12. The summed E-state index contributed by atoms with van der Waals surface area (Å²) in [7, 11) is 3.40. The predicted molar refractivity (Wildman–Crippen MR) is 83.0 cm³/mol. The lowest BCUT2D eigenvalue weighted by atomic mass is 10.0. The Morgan fingerprint density at radius 2 is 1.68 bits per heavy atom. The Morgan fingerprint density at radius 3 is 2.27 bits per heavy atom. The van der Waals surface area contributed by atoms with Gasteiger partial charge in [-0.05, 0) is 23.8 Å². The van der Waals surface area contributed by atoms with Crippen molar-refractivity contribution in [3.63, 3.8) is 0 Å². The van der Waals surface area contributed by atoms with Gasteiger partial charge in [0, 0.05) is 25.2 Å². The van der Waals surface area contributed by atoms with Crippen LogP contribution in [0, 0.1) is 0 Å². The van der Waals surface area contributed by atoms with Crippen LogP contribution in [-0.4, -0.2) is 42.6 Å². The monoisotopic (exact) mass is 299 g/mol. The van der Waals surface area contributed by atoms with Crippen molar-refractivity contribution in [2.75, 3.05) is 20.7 Å². The third kappa shape index (κ3) is 3.63. The zero-order valence-corrected chi connectivity index (χ0v) is 12.4. The molecule has 2 aromatic rings. The summed E-state index contributed by atoms with van der Waals surface area (Å²) in [4.78, 5) is 24.0. The summed E-state index contributed by atoms with van der Waals surface area (Å²) in [6.45, 7) is -0.395. The number of carboxylic acids is 1. The molecule has 5 heteroatoms. The molecule has 0 saturated carbocycles. The number of hydrogen-bond donors (Lipinski definition) is 1. The van der Waals surface area contributed by atoms with Crippen LogP contribution in [0.1, 0.15) is 10.4 Å². The van der Waals surface area contributed by atoms with Crippen LogP contribution in [-0.2, 0) is 4.79 Å². The highest BCUT2D eigenvalue weighted by Gasteiger charge is 2.10. The first-order valence-electron chi connectivity index (χ1n) is 6.74. The zero-order valence-electron chi connectivity index (χ0n) is 12.4. The largest absolute Gasteiger partial charge is 0.481 e. The van der Waals surface area contributed by atoms with Gasteiger partial charge in [0.2, 0.25) is 0 Å². The molecule has 0 saturated heterocycles. The van der Waals surface area contributed by atoms with Crippen molar-refractivity contribution in [2.45, 2.75) is 0 Å². The summed E-state index contributed by atoms with van der Waals surface area (Å²) in [5.74, 6) is -0.597. The van der Waals surface area contributed by atoms with E-state index in [1.54, 1.807) is 38.4 Å². The fourth-order valence-corrected chi connectivity index (χ4v) is 2.02. The Balaban J connectivity index is 2.28. The topological polar surface area (TPSA) is 66.8 Å². The third-order valence-corrected chi connectivity index (χ3v) is 3.09. The highest BCUT2D eigenvalue weighted by Crippen LogP contribution is 2.30. The molecular weight excluding hydrogens is 282 g/mol. The molecule has 22 heavy (non-hydrogen) atoms. The molecule has 0 unspecified atom stereocenters. The molecule has 5 nitrogen and oxygen atoms in total. The highest BCUT2D eigenvalue weighted by molar-refractivity contribution is 5.94. The smallest absolute Gasteiger partial charge is 0.341 e. The van der Waals surface area contributed by atoms with E-state index in [2.05, 4.69) is 0 Å². The van der Waals surface area contributed by atoms with E-state index in [1.165, 1.54) is 4.90 Å². The molecule has 0 aliphatic heterocycles. The van der Waals surface area contributed by atoms with Gasteiger partial charge in [-0.25, -0.2) is 4.79 Å². The van der Waals surface area contributed by atoms with Crippen LogP contribution < -0.4 is 4.74 Å². The van der Waals surface area contributed by atoms with Crippen LogP contribution in [0.4, 0.5) is 0 Å². The number of ether oxygens (including phenoxy) is 1. The lowest BCUT2D eigenvalue weighted by Crippen LogP contribution is -2.21. The number of benzene rings is 2. The number of aliphatic carboxylic acids is 1. The van der Waals surface area contributed by atoms with Gasteiger partial charge in [-0.3, -0.25) is 4.79 Å². The number of carboxylic acid groups (broad SMARTS) is 1. The van der Waals surface area contributed by atoms with Crippen LogP contribution in [0.25, 0.3) is 11.1 Å². The van der Waals surface area contributed by atoms with E-state index < -0.39 is 12.6 Å². The SMILES string of the molecule is CN(C)C(=O)c1ccc(-c2ccccc2OCC(=O)O)cc1. The second-order valence-corrected chi connectivity index (χ2v) is 4.96. The van der Waals surface area contributed by atoms with Crippen molar-refractivity contribution >= 4 is 11.9 Å². The first-order chi connectivity index (χ1) is 10.5. The van der Waals surface area contributed by atoms with Crippen molar-refractivity contribution in [1.29, 1.82) is 0 Å². The van der Waals surface area contributed by atoms with Gasteiger partial charge >= 0.3 is 5.97 Å². The molecule has 0 aliphatic carbocycles. The molecule has 0 bridgehead atoms. The highest BCUT2D eigenvalue weighted by atomic mass is 16.5. The van der Waals surface area contributed by atoms with Crippen LogP contribution in [0.2, 0.25) is 0 Å². The van der Waals surface area contributed by atoms with Crippen molar-refractivity contribution in [3.8, 4) is 16.9 Å². The molecule has 0 spiro atoms.